The van der Waals surface area contributed by atoms with Gasteiger partial charge in [0, 0.05) is 5.69 Å². The van der Waals surface area contributed by atoms with Crippen LogP contribution >= 0.6 is 27.7 Å². The summed E-state index contributed by atoms with van der Waals surface area (Å²) < 4.78 is 11.4. The smallest absolute Gasteiger partial charge is 0.294 e. The number of ether oxygens (including phenoxy) is 2. The normalized spacial score (nSPS) is 14.4. The van der Waals surface area contributed by atoms with Gasteiger partial charge in [-0.15, -0.1) is 6.42 Å². The number of nitrogens with one attached hydrogen (secondary N) is 1. The molecule has 0 spiro atoms. The van der Waals surface area contributed by atoms with Gasteiger partial charge in [0.2, 0.25) is 5.91 Å². The fourth-order valence-electron chi connectivity index (χ4n) is 3.26. The molecule has 3 amide bonds. The van der Waals surface area contributed by atoms with E-state index in [1.165, 1.54) is 7.11 Å². The van der Waals surface area contributed by atoms with E-state index in [2.05, 4.69) is 27.2 Å². The number of anilines is 1. The van der Waals surface area contributed by atoms with Crippen molar-refractivity contribution in [3.63, 3.8) is 0 Å². The van der Waals surface area contributed by atoms with Crippen LogP contribution in [0.15, 0.2) is 39.7 Å². The van der Waals surface area contributed by atoms with Crippen LogP contribution < -0.4 is 14.8 Å². The van der Waals surface area contributed by atoms with Gasteiger partial charge < -0.3 is 14.8 Å². The lowest BCUT2D eigenvalue weighted by Gasteiger charge is -2.13. The molecule has 0 aliphatic carbocycles. The third kappa shape index (κ3) is 5.97. The molecule has 9 heteroatoms. The molecule has 1 N–H and O–H groups in total. The Kier molecular flexibility index (Phi) is 7.84. The number of halogens is 1. The van der Waals surface area contributed by atoms with E-state index >= 15 is 0 Å². The van der Waals surface area contributed by atoms with Crippen molar-refractivity contribution in [2.75, 3.05) is 25.6 Å². The van der Waals surface area contributed by atoms with Gasteiger partial charge in [-0.1, -0.05) is 12.0 Å². The van der Waals surface area contributed by atoms with Crippen LogP contribution in [0, 0.1) is 26.2 Å². The Bertz CT molecular complexity index is 1180. The SMILES string of the molecule is C#CCOc1c(Br)cc(/C=C2\SC(=O)N(CC(=O)Nc3cc(C)cc(C)c3)C2=O)cc1OC. The lowest BCUT2D eigenvalue weighted by Crippen LogP contribution is -2.36. The number of imide groups is 1. The van der Waals surface area contributed by atoms with E-state index in [0.29, 0.717) is 27.2 Å². The van der Waals surface area contributed by atoms with E-state index in [9.17, 15) is 14.4 Å². The predicted molar refractivity (Wildman–Crippen MR) is 132 cm³/mol. The fourth-order valence-corrected chi connectivity index (χ4v) is 4.67. The van der Waals surface area contributed by atoms with E-state index in [-0.39, 0.29) is 18.1 Å². The number of rotatable bonds is 7. The molecule has 0 unspecified atom stereocenters. The molecule has 2 aromatic rings. The summed E-state index contributed by atoms with van der Waals surface area (Å²) in [6.07, 6.45) is 6.80. The van der Waals surface area contributed by atoms with Crippen molar-refractivity contribution in [1.82, 2.24) is 4.90 Å². The van der Waals surface area contributed by atoms with E-state index in [1.54, 1.807) is 18.2 Å². The number of terminal acetylenes is 1. The van der Waals surface area contributed by atoms with Crippen LogP contribution in [0.1, 0.15) is 16.7 Å². The number of amides is 3. The predicted octanol–water partition coefficient (Wildman–Crippen LogP) is 4.76. The first kappa shape index (κ1) is 24.4. The summed E-state index contributed by atoms with van der Waals surface area (Å²) in [4.78, 5) is 38.8. The van der Waals surface area contributed by atoms with Gasteiger partial charge in [-0.2, -0.15) is 0 Å². The quantitative estimate of drug-likeness (QED) is 0.411. The van der Waals surface area contributed by atoms with Gasteiger partial charge in [-0.3, -0.25) is 19.3 Å². The highest BCUT2D eigenvalue weighted by molar-refractivity contribution is 9.10. The van der Waals surface area contributed by atoms with Gasteiger partial charge in [-0.25, -0.2) is 0 Å². The first-order valence-corrected chi connectivity index (χ1v) is 11.4. The van der Waals surface area contributed by atoms with Crippen molar-refractivity contribution in [3.8, 4) is 23.8 Å². The lowest BCUT2D eigenvalue weighted by molar-refractivity contribution is -0.127. The van der Waals surface area contributed by atoms with Gasteiger partial charge in [-0.05, 0) is 88.6 Å². The summed E-state index contributed by atoms with van der Waals surface area (Å²) >= 11 is 4.18. The molecule has 170 valence electrons. The van der Waals surface area contributed by atoms with Crippen LogP contribution in [0.25, 0.3) is 6.08 Å². The summed E-state index contributed by atoms with van der Waals surface area (Å²) in [6, 6.07) is 9.01. The maximum atomic E-state index is 12.8. The third-order valence-corrected chi connectivity index (χ3v) is 6.03. The summed E-state index contributed by atoms with van der Waals surface area (Å²) in [5.41, 5.74) is 3.22. The molecule has 1 saturated heterocycles. The molecule has 1 aliphatic rings. The first-order valence-electron chi connectivity index (χ1n) is 9.79. The van der Waals surface area contributed by atoms with Gasteiger partial charge in [0.15, 0.2) is 11.5 Å². The van der Waals surface area contributed by atoms with Crippen molar-refractivity contribution in [2.24, 2.45) is 0 Å². The zero-order valence-corrected chi connectivity index (χ0v) is 20.6. The number of thioether (sulfide) groups is 1. The number of aryl methyl sites for hydroxylation is 2. The number of hydrogen-bond acceptors (Lipinski definition) is 6. The van der Waals surface area contributed by atoms with Crippen molar-refractivity contribution in [2.45, 2.75) is 13.8 Å². The molecule has 0 saturated carbocycles. The zero-order chi connectivity index (χ0) is 24.1. The van der Waals surface area contributed by atoms with E-state index in [1.807, 2.05) is 32.0 Å². The Balaban J connectivity index is 1.76. The number of methoxy groups -OCH3 is 1. The molecule has 0 aromatic heterocycles. The van der Waals surface area contributed by atoms with Crippen molar-refractivity contribution in [1.29, 1.82) is 0 Å². The van der Waals surface area contributed by atoms with Crippen molar-refractivity contribution >= 4 is 56.5 Å². The van der Waals surface area contributed by atoms with Crippen LogP contribution in [0.3, 0.4) is 0 Å². The lowest BCUT2D eigenvalue weighted by atomic mass is 10.1. The highest BCUT2D eigenvalue weighted by Gasteiger charge is 2.36. The molecule has 1 fully saturated rings. The minimum atomic E-state index is -0.539. The molecule has 0 bridgehead atoms. The maximum Gasteiger partial charge on any atom is 0.294 e. The van der Waals surface area contributed by atoms with Crippen molar-refractivity contribution < 1.29 is 23.9 Å². The summed E-state index contributed by atoms with van der Waals surface area (Å²) in [7, 11) is 1.48. The Morgan fingerprint density at radius 3 is 2.55 bits per heavy atom. The van der Waals surface area contributed by atoms with Gasteiger partial charge in [0.05, 0.1) is 16.5 Å². The molecule has 1 aliphatic heterocycles. The minimum Gasteiger partial charge on any atom is -0.493 e. The Morgan fingerprint density at radius 1 is 1.21 bits per heavy atom. The second kappa shape index (κ2) is 10.6. The van der Waals surface area contributed by atoms with E-state index < -0.39 is 17.1 Å². The molecular weight excluding hydrogens is 508 g/mol. The number of benzene rings is 2. The third-order valence-electron chi connectivity index (χ3n) is 4.53. The Morgan fingerprint density at radius 2 is 1.91 bits per heavy atom. The highest BCUT2D eigenvalue weighted by Crippen LogP contribution is 2.39. The topological polar surface area (TPSA) is 84.9 Å². The van der Waals surface area contributed by atoms with Crippen LogP contribution in [0.4, 0.5) is 10.5 Å². The summed E-state index contributed by atoms with van der Waals surface area (Å²) in [5, 5.41) is 2.23. The number of nitrogens with zero attached hydrogens (tertiary/aromatic N) is 1. The fraction of sp³-hybridized carbons (Fsp3) is 0.208. The molecule has 0 radical (unpaired) electrons. The molecule has 33 heavy (non-hydrogen) atoms. The number of carbonyl (C=O) groups is 3. The molecular formula is C24H21BrN2O5S. The largest absolute Gasteiger partial charge is 0.493 e. The summed E-state index contributed by atoms with van der Waals surface area (Å²) in [5.74, 6) is 2.24. The van der Waals surface area contributed by atoms with E-state index in [4.69, 9.17) is 15.9 Å². The van der Waals surface area contributed by atoms with Gasteiger partial charge >= 0.3 is 0 Å². The first-order chi connectivity index (χ1) is 15.7. The van der Waals surface area contributed by atoms with Crippen LogP contribution in [0.5, 0.6) is 11.5 Å². The Hall–Kier alpha value is -3.22. The summed E-state index contributed by atoms with van der Waals surface area (Å²) in [6.45, 7) is 3.54. The molecule has 1 heterocycles. The Labute approximate surface area is 204 Å². The number of hydrogen-bond donors (Lipinski definition) is 1. The van der Waals surface area contributed by atoms with Gasteiger partial charge in [0.25, 0.3) is 11.1 Å². The average molecular weight is 529 g/mol. The second-order valence-electron chi connectivity index (χ2n) is 7.22. The monoisotopic (exact) mass is 528 g/mol. The van der Waals surface area contributed by atoms with Crippen LogP contribution in [0.2, 0.25) is 0 Å². The standard InChI is InChI=1S/C24H21BrN2O5S/c1-5-6-32-22-18(25)10-16(11-19(22)31-4)12-20-23(29)27(24(30)33-20)13-21(28)26-17-8-14(2)7-15(3)9-17/h1,7-12H,6,13H2,2-4H3,(H,26,28)/b20-12-. The average Bonchev–Trinajstić information content (AvgIpc) is 2.99. The van der Waals surface area contributed by atoms with Crippen molar-refractivity contribution in [3.05, 3.63) is 56.4 Å². The van der Waals surface area contributed by atoms with Crippen LogP contribution in [-0.2, 0) is 9.59 Å². The van der Waals surface area contributed by atoms with Gasteiger partial charge in [0.1, 0.15) is 13.2 Å². The highest BCUT2D eigenvalue weighted by atomic mass is 79.9. The molecule has 2 aromatic carbocycles. The maximum absolute atomic E-state index is 12.8. The minimum absolute atomic E-state index is 0.0668. The second-order valence-corrected chi connectivity index (χ2v) is 9.07. The number of carbonyl (C=O) groups excluding carboxylic acids is 3. The zero-order valence-electron chi connectivity index (χ0n) is 18.2. The molecule has 0 atom stereocenters. The van der Waals surface area contributed by atoms with E-state index in [0.717, 1.165) is 27.8 Å². The molecule has 3 rings (SSSR count). The van der Waals surface area contributed by atoms with Crippen LogP contribution in [-0.4, -0.2) is 42.2 Å². The molecule has 7 nitrogen and oxygen atoms in total.